The van der Waals surface area contributed by atoms with Crippen molar-refractivity contribution in [2.45, 2.75) is 148 Å². The van der Waals surface area contributed by atoms with E-state index in [1.165, 1.54) is 13.8 Å². The minimum absolute atomic E-state index is 0.0137. The zero-order chi connectivity index (χ0) is 55.9. The van der Waals surface area contributed by atoms with Crippen LogP contribution in [-0.4, -0.2) is 156 Å². The smallest absolute Gasteiger partial charge is 0.393 e. The molecule has 2 amide bonds. The van der Waals surface area contributed by atoms with Gasteiger partial charge in [-0.2, -0.15) is 4.31 Å². The number of hydrogen-bond donors (Lipinski definition) is 12. The number of carbonyl (C=O) groups is 3. The molecule has 7 rings (SSSR count). The number of fused-ring (bicyclic) bond motifs is 6. The molecule has 2 aromatic heterocycles. The van der Waals surface area contributed by atoms with Gasteiger partial charge in [-0.15, -0.1) is 0 Å². The molecular weight excluding hydrogens is 1080 g/mol. The van der Waals surface area contributed by atoms with Crippen molar-refractivity contribution in [3.8, 4) is 0 Å². The number of phosphoric ester groups is 3. The van der Waals surface area contributed by atoms with Gasteiger partial charge in [-0.25, -0.2) is 28.6 Å². The number of anilines is 1. The fraction of sp³-hybridized carbons (Fsp3) is 0.822. The highest BCUT2D eigenvalue weighted by Gasteiger charge is 2.66. The number of nitrogens with zero attached hydrogens (tertiary/aromatic N) is 4. The Hall–Kier alpha value is -2.56. The van der Waals surface area contributed by atoms with Crippen molar-refractivity contribution in [2.24, 2.45) is 51.8 Å². The number of imidazole rings is 1. The number of amides is 2. The highest BCUT2D eigenvalue weighted by molar-refractivity contribution is 8.13. The summed E-state index contributed by atoms with van der Waals surface area (Å²) in [7, 11) is -16.5. The molecule has 4 aliphatic carbocycles. The van der Waals surface area contributed by atoms with Gasteiger partial charge in [0.2, 0.25) is 11.8 Å². The Kier molecular flexibility index (Phi) is 19.2. The molecule has 430 valence electrons. The number of nitrogens with one attached hydrogen (secondary N) is 2. The lowest BCUT2D eigenvalue weighted by molar-refractivity contribution is -0.207. The number of aromatic nitrogens is 4. The number of thioether (sulfide) groups is 1. The maximum Gasteiger partial charge on any atom is 0.481 e. The third kappa shape index (κ3) is 13.6. The molecule has 76 heavy (non-hydrogen) atoms. The molecule has 2 aromatic rings. The molecule has 18 atom stereocenters. The standard InChI is InChI=1S/C45H74N7O20P3S/c1-23(26-7-8-27-34-28(18-31(55)45(26,27)5)44(4)12-10-25(53)16-24(44)17-29(34)54)6-9-33(57)76-15-14-47-32(56)11-13-48-41(60)38(59)43(2,3)20-69-75(66,67)72-74(64,65)68-19-30-37(71-73(61,62)63)36(58)42(70-30)52-22-51-35-39(46)49-21-50-40(35)52/h21-31,34,36-38,42,53-55,58-59H,6-20H2,1-5H3,(H,47,56)(H,48,60)(H,64,65)(H,66,67)(H2,46,49,50)(H2,61,62,63)/t23-,24+,25-,26-,27+,28+,29-,30-,31+,34+,36-,37-,38?,42-,44+,45-/m1/s1. The zero-order valence-electron chi connectivity index (χ0n) is 43.0. The Balaban J connectivity index is 0.784. The summed E-state index contributed by atoms with van der Waals surface area (Å²) >= 11 is 1.10. The van der Waals surface area contributed by atoms with Gasteiger partial charge >= 0.3 is 23.5 Å². The second-order valence-electron chi connectivity index (χ2n) is 22.3. The van der Waals surface area contributed by atoms with Gasteiger partial charge in [-0.05, 0) is 97.7 Å². The largest absolute Gasteiger partial charge is 0.481 e. The van der Waals surface area contributed by atoms with Crippen LogP contribution >= 0.6 is 35.2 Å². The zero-order valence-corrected chi connectivity index (χ0v) is 46.5. The molecule has 0 radical (unpaired) electrons. The van der Waals surface area contributed by atoms with Crippen molar-refractivity contribution in [1.29, 1.82) is 0 Å². The Morgan fingerprint density at radius 3 is 2.37 bits per heavy atom. The highest BCUT2D eigenvalue weighted by Crippen LogP contribution is 2.68. The van der Waals surface area contributed by atoms with Gasteiger partial charge in [-0.1, -0.05) is 46.4 Å². The van der Waals surface area contributed by atoms with Crippen LogP contribution in [0.1, 0.15) is 105 Å². The number of nitrogen functional groups attached to an aromatic ring is 1. The molecular formula is C45H74N7O20P3S. The number of rotatable bonds is 23. The molecule has 1 saturated heterocycles. The van der Waals surface area contributed by atoms with E-state index in [0.29, 0.717) is 37.9 Å². The summed E-state index contributed by atoms with van der Waals surface area (Å²) in [5, 5.41) is 60.6. The average Bonchev–Trinajstić information content (AvgIpc) is 4.03. The molecule has 5 aliphatic rings. The molecule has 3 unspecified atom stereocenters. The average molecular weight is 1160 g/mol. The minimum atomic E-state index is -5.60. The molecule has 5 fully saturated rings. The van der Waals surface area contributed by atoms with Crippen LogP contribution in [0.25, 0.3) is 11.2 Å². The van der Waals surface area contributed by atoms with Gasteiger partial charge in [0, 0.05) is 37.1 Å². The van der Waals surface area contributed by atoms with Crippen LogP contribution in [0, 0.1) is 51.8 Å². The number of aliphatic hydroxyl groups excluding tert-OH is 5. The summed E-state index contributed by atoms with van der Waals surface area (Å²) in [5.41, 5.74) is 3.86. The van der Waals surface area contributed by atoms with E-state index in [1.807, 2.05) is 0 Å². The summed E-state index contributed by atoms with van der Waals surface area (Å²) in [5.74, 6) is -0.0993. The SMILES string of the molecule is C[C@H](CCC(=O)SCCNC(=O)CCNC(=O)C(O)C(C)(C)COP(=O)(O)OP(=O)(O)OC[C@H]1O[C@@H](n2cnc3c(N)ncnc32)[C@H](O)[C@@H]1OP(=O)(O)O)[C@H]1CC[C@H]2[C@@H]3[C@H](O)C[C@@H]4C[C@H](O)CC[C@]4(C)[C@H]3C[C@H](O)[C@]12C. The fourth-order valence-electron chi connectivity index (χ4n) is 13.0. The number of nitrogens with two attached hydrogens (primary N) is 1. The van der Waals surface area contributed by atoms with Crippen LogP contribution in [0.2, 0.25) is 0 Å². The van der Waals surface area contributed by atoms with Gasteiger partial charge in [0.15, 0.2) is 22.8 Å². The number of ether oxygens (including phenoxy) is 1. The normalized spacial score (nSPS) is 35.0. The van der Waals surface area contributed by atoms with E-state index in [9.17, 15) is 73.2 Å². The van der Waals surface area contributed by atoms with E-state index in [-0.39, 0.29) is 94.0 Å². The first kappa shape index (κ1) is 61.1. The van der Waals surface area contributed by atoms with E-state index in [0.717, 1.165) is 54.7 Å². The van der Waals surface area contributed by atoms with Crippen molar-refractivity contribution in [3.05, 3.63) is 12.7 Å². The molecule has 27 nitrogen and oxygen atoms in total. The van der Waals surface area contributed by atoms with Gasteiger partial charge in [0.1, 0.15) is 36.3 Å². The van der Waals surface area contributed by atoms with Gasteiger partial charge in [-0.3, -0.25) is 32.5 Å². The maximum atomic E-state index is 13.0. The predicted octanol–water partition coefficient (Wildman–Crippen LogP) is 2.04. The van der Waals surface area contributed by atoms with E-state index >= 15 is 0 Å². The van der Waals surface area contributed by atoms with Crippen LogP contribution in [0.3, 0.4) is 0 Å². The monoisotopic (exact) mass is 1160 g/mol. The summed E-state index contributed by atoms with van der Waals surface area (Å²) in [6, 6.07) is 0. The third-order valence-corrected chi connectivity index (χ3v) is 21.1. The summed E-state index contributed by atoms with van der Waals surface area (Å²) < 4.78 is 62.7. The minimum Gasteiger partial charge on any atom is -0.393 e. The number of carbonyl (C=O) groups excluding carboxylic acids is 3. The molecule has 4 saturated carbocycles. The van der Waals surface area contributed by atoms with Gasteiger partial charge < -0.3 is 66.2 Å². The number of phosphoric acid groups is 3. The molecule has 1 aliphatic heterocycles. The van der Waals surface area contributed by atoms with Crippen LogP contribution in [0.4, 0.5) is 5.82 Å². The second-order valence-corrected chi connectivity index (χ2v) is 27.7. The van der Waals surface area contributed by atoms with Crippen molar-refractivity contribution in [1.82, 2.24) is 30.2 Å². The number of aliphatic hydroxyl groups is 5. The van der Waals surface area contributed by atoms with Crippen LogP contribution in [-0.2, 0) is 50.7 Å². The summed E-state index contributed by atoms with van der Waals surface area (Å²) in [6.07, 6.45) is -1.83. The van der Waals surface area contributed by atoms with Crippen LogP contribution < -0.4 is 16.4 Å². The molecule has 13 N–H and O–H groups in total. The Labute approximate surface area is 443 Å². The fourth-order valence-corrected chi connectivity index (χ4v) is 16.6. The maximum absolute atomic E-state index is 13.0. The lowest BCUT2D eigenvalue weighted by Crippen LogP contribution is -2.62. The van der Waals surface area contributed by atoms with Crippen LogP contribution in [0.15, 0.2) is 12.7 Å². The lowest BCUT2D eigenvalue weighted by Gasteiger charge is -2.63. The molecule has 31 heteroatoms. The van der Waals surface area contributed by atoms with Crippen molar-refractivity contribution in [3.63, 3.8) is 0 Å². The Morgan fingerprint density at radius 2 is 1.66 bits per heavy atom. The third-order valence-electron chi connectivity index (χ3n) is 17.1. The van der Waals surface area contributed by atoms with E-state index in [1.54, 1.807) is 0 Å². The predicted molar refractivity (Wildman–Crippen MR) is 269 cm³/mol. The van der Waals surface area contributed by atoms with Crippen molar-refractivity contribution in [2.75, 3.05) is 37.8 Å². The van der Waals surface area contributed by atoms with Crippen LogP contribution in [0.5, 0.6) is 0 Å². The number of hydrogen-bond acceptors (Lipinski definition) is 21. The van der Waals surface area contributed by atoms with E-state index < -0.39 is 96.8 Å². The topological polar surface area (TPSA) is 424 Å². The second kappa shape index (κ2) is 23.9. The summed E-state index contributed by atoms with van der Waals surface area (Å²) in [6.45, 7) is 7.05. The molecule has 0 bridgehead atoms. The van der Waals surface area contributed by atoms with Gasteiger partial charge in [0.25, 0.3) is 0 Å². The molecule has 0 spiro atoms. The quantitative estimate of drug-likeness (QED) is 0.0559. The first-order chi connectivity index (χ1) is 35.4. The first-order valence-electron chi connectivity index (χ1n) is 25.5. The lowest BCUT2D eigenvalue weighted by atomic mass is 9.43. The highest BCUT2D eigenvalue weighted by atomic mass is 32.2. The van der Waals surface area contributed by atoms with Crippen molar-refractivity contribution >= 4 is 69.1 Å². The van der Waals surface area contributed by atoms with E-state index in [2.05, 4.69) is 55.2 Å². The Morgan fingerprint density at radius 1 is 0.947 bits per heavy atom. The Bertz CT molecular complexity index is 2560. The molecule has 3 heterocycles. The first-order valence-corrected chi connectivity index (χ1v) is 31.0. The van der Waals surface area contributed by atoms with Gasteiger partial charge in [0.05, 0.1) is 37.9 Å². The van der Waals surface area contributed by atoms with E-state index in [4.69, 9.17) is 19.5 Å². The van der Waals surface area contributed by atoms with Crippen molar-refractivity contribution < 1.29 is 95.8 Å². The summed E-state index contributed by atoms with van der Waals surface area (Å²) in [4.78, 5) is 89.7. The molecule has 0 aromatic carbocycles.